The average Bonchev–Trinajstić information content (AvgIpc) is 3.30. The fourth-order valence-corrected chi connectivity index (χ4v) is 7.37. The molecule has 0 aliphatic carbocycles. The van der Waals surface area contributed by atoms with Crippen LogP contribution in [0.15, 0.2) is 59.6 Å². The molecule has 0 fully saturated rings. The highest BCUT2D eigenvalue weighted by atomic mass is 16.4. The molecule has 7 amide bonds. The molecule has 2 rings (SSSR count). The molecule has 2 aromatic carbocycles. The Morgan fingerprint density at radius 1 is 0.620 bits per heavy atom. The van der Waals surface area contributed by atoms with Gasteiger partial charge < -0.3 is 70.4 Å². The summed E-state index contributed by atoms with van der Waals surface area (Å²) < 4.78 is 0. The zero-order valence-corrected chi connectivity index (χ0v) is 41.9. The monoisotopic (exact) mass is 995 g/mol. The highest BCUT2D eigenvalue weighted by molar-refractivity contribution is 5.95. The molecule has 17 N–H and O–H groups in total. The first-order chi connectivity index (χ1) is 33.5. The van der Waals surface area contributed by atoms with Crippen molar-refractivity contribution < 1.29 is 48.6 Å². The fourth-order valence-electron chi connectivity index (χ4n) is 7.37. The Hall–Kier alpha value is -6.81. The molecule has 22 nitrogen and oxygen atoms in total. The minimum Gasteiger partial charge on any atom is -0.508 e. The summed E-state index contributed by atoms with van der Waals surface area (Å²) in [5, 5.41) is 39.1. The lowest BCUT2D eigenvalue weighted by atomic mass is 9.98. The van der Waals surface area contributed by atoms with Crippen molar-refractivity contribution >= 4 is 53.3 Å². The maximum atomic E-state index is 14.3. The van der Waals surface area contributed by atoms with E-state index in [9.17, 15) is 48.6 Å². The van der Waals surface area contributed by atoms with Crippen molar-refractivity contribution in [2.24, 2.45) is 39.8 Å². The van der Waals surface area contributed by atoms with Crippen molar-refractivity contribution in [1.29, 1.82) is 0 Å². The van der Waals surface area contributed by atoms with Gasteiger partial charge in [-0.2, -0.15) is 0 Å². The largest absolute Gasteiger partial charge is 0.508 e. The molecule has 22 heteroatoms. The molecule has 0 aliphatic heterocycles. The second-order valence-corrected chi connectivity index (χ2v) is 18.5. The predicted octanol–water partition coefficient (Wildman–Crippen LogP) is -0.312. The summed E-state index contributed by atoms with van der Waals surface area (Å²) in [6.45, 7) is 10.7. The van der Waals surface area contributed by atoms with Crippen molar-refractivity contribution in [3.05, 3.63) is 65.7 Å². The summed E-state index contributed by atoms with van der Waals surface area (Å²) in [7, 11) is 0. The lowest BCUT2D eigenvalue weighted by molar-refractivity contribution is -0.138. The van der Waals surface area contributed by atoms with E-state index >= 15 is 0 Å². The number of benzene rings is 2. The van der Waals surface area contributed by atoms with Crippen molar-refractivity contribution in [2.75, 3.05) is 13.1 Å². The maximum absolute atomic E-state index is 14.3. The Labute approximate surface area is 416 Å². The molecule has 0 saturated carbocycles. The number of phenols is 1. The molecular formula is C49H78N12O10. The van der Waals surface area contributed by atoms with Crippen LogP contribution in [0.1, 0.15) is 104 Å². The minimum absolute atomic E-state index is 0.0174. The van der Waals surface area contributed by atoms with Gasteiger partial charge in [0.15, 0.2) is 5.96 Å². The van der Waals surface area contributed by atoms with E-state index in [4.69, 9.17) is 22.9 Å². The summed E-state index contributed by atoms with van der Waals surface area (Å²) >= 11 is 0. The normalized spacial score (nSPS) is 14.5. The third-order valence-electron chi connectivity index (χ3n) is 11.4. The van der Waals surface area contributed by atoms with Crippen LogP contribution >= 0.6 is 0 Å². The van der Waals surface area contributed by atoms with Gasteiger partial charge in [-0.1, -0.05) is 89.9 Å². The lowest BCUT2D eigenvalue weighted by Crippen LogP contribution is -2.59. The number of guanidine groups is 1. The first-order valence-electron chi connectivity index (χ1n) is 24.2. The van der Waals surface area contributed by atoms with Crippen molar-refractivity contribution in [2.45, 2.75) is 154 Å². The van der Waals surface area contributed by atoms with Crippen LogP contribution in [-0.4, -0.2) is 125 Å². The van der Waals surface area contributed by atoms with Crippen LogP contribution in [0, 0.1) is 11.8 Å². The van der Waals surface area contributed by atoms with Crippen molar-refractivity contribution in [3.63, 3.8) is 0 Å². The van der Waals surface area contributed by atoms with Crippen LogP contribution in [0.5, 0.6) is 5.75 Å². The Balaban J connectivity index is 2.42. The van der Waals surface area contributed by atoms with Crippen molar-refractivity contribution in [1.82, 2.24) is 37.2 Å². The summed E-state index contributed by atoms with van der Waals surface area (Å²) in [6, 6.07) is 6.76. The zero-order valence-electron chi connectivity index (χ0n) is 41.9. The minimum atomic E-state index is -1.42. The van der Waals surface area contributed by atoms with Gasteiger partial charge in [0.1, 0.15) is 36.0 Å². The van der Waals surface area contributed by atoms with Gasteiger partial charge in [-0.05, 0) is 87.0 Å². The van der Waals surface area contributed by atoms with E-state index in [1.54, 1.807) is 56.3 Å². The van der Waals surface area contributed by atoms with E-state index < -0.39 is 108 Å². The fraction of sp³-hybridized carbons (Fsp3) is 0.571. The number of phenolic OH excluding ortho intramolecular Hbond substituents is 1. The summed E-state index contributed by atoms with van der Waals surface area (Å²) in [6.07, 6.45) is 1.95. The molecule has 394 valence electrons. The number of nitrogens with one attached hydrogen (secondary N) is 7. The van der Waals surface area contributed by atoms with E-state index in [0.29, 0.717) is 24.8 Å². The Morgan fingerprint density at radius 3 is 1.79 bits per heavy atom. The Kier molecular flexibility index (Phi) is 26.7. The number of amides is 7. The van der Waals surface area contributed by atoms with E-state index in [1.807, 2.05) is 20.8 Å². The molecule has 0 spiro atoms. The van der Waals surface area contributed by atoms with Crippen LogP contribution in [-0.2, 0) is 51.2 Å². The molecule has 0 aliphatic rings. The molecule has 8 atom stereocenters. The van der Waals surface area contributed by atoms with Gasteiger partial charge in [0.05, 0.1) is 12.1 Å². The van der Waals surface area contributed by atoms with Gasteiger partial charge in [-0.25, -0.2) is 0 Å². The number of carboxylic acid groups (broad SMARTS) is 1. The van der Waals surface area contributed by atoms with Gasteiger partial charge in [-0.15, -0.1) is 0 Å². The topological polar surface area (TPSA) is 378 Å². The number of carboxylic acids is 1. The highest BCUT2D eigenvalue weighted by Crippen LogP contribution is 2.14. The van der Waals surface area contributed by atoms with E-state index in [2.05, 4.69) is 42.2 Å². The number of aromatic hydroxyl groups is 1. The van der Waals surface area contributed by atoms with Gasteiger partial charge in [0.2, 0.25) is 41.4 Å². The number of rotatable bonds is 33. The first-order valence-corrected chi connectivity index (χ1v) is 24.2. The Morgan fingerprint density at radius 2 is 1.21 bits per heavy atom. The summed E-state index contributed by atoms with van der Waals surface area (Å²) in [5.41, 5.74) is 23.8. The quantitative estimate of drug-likeness (QED) is 0.0248. The van der Waals surface area contributed by atoms with Crippen LogP contribution in [0.2, 0.25) is 0 Å². The Bertz CT molecular complexity index is 2070. The summed E-state index contributed by atoms with van der Waals surface area (Å²) in [5.74, 6) is -6.49. The van der Waals surface area contributed by atoms with Crippen LogP contribution in [0.4, 0.5) is 0 Å². The van der Waals surface area contributed by atoms with Crippen LogP contribution in [0.25, 0.3) is 0 Å². The van der Waals surface area contributed by atoms with Gasteiger partial charge in [0, 0.05) is 25.6 Å². The van der Waals surface area contributed by atoms with Gasteiger partial charge >= 0.3 is 5.97 Å². The summed E-state index contributed by atoms with van der Waals surface area (Å²) in [4.78, 5) is 110. The molecule has 0 unspecified atom stereocenters. The molecule has 0 aromatic heterocycles. The highest BCUT2D eigenvalue weighted by Gasteiger charge is 2.33. The second kappa shape index (κ2) is 31.4. The number of aliphatic carboxylic acids is 1. The number of nitrogens with zero attached hydrogens (tertiary/aromatic N) is 1. The van der Waals surface area contributed by atoms with E-state index in [1.165, 1.54) is 19.1 Å². The molecule has 2 aromatic rings. The predicted molar refractivity (Wildman–Crippen MR) is 269 cm³/mol. The molecule has 71 heavy (non-hydrogen) atoms. The third kappa shape index (κ3) is 23.6. The molecular weight excluding hydrogens is 917 g/mol. The molecule has 0 saturated heterocycles. The van der Waals surface area contributed by atoms with E-state index in [-0.39, 0.29) is 62.8 Å². The standard InChI is InChI=1S/C49H78N12O10/c1-7-8-16-36(42(51)65)58-43(66)30(6)56-45(68)37(21-22-40(63)64)59-46(69)38(26-31-13-10-9-11-14-31)55-27-33(25-32-17-19-34(62)20-18-32)57-47(70)39(24-28(2)3)60-48(71)41(29(4)5)61-44(67)35(50)15-12-23-54-49(52)53/h9-11,13-14,17-20,28-30,33,35-39,41,55,62H,7-8,12,15-16,21-27,50H2,1-6H3,(H2,51,65)(H,56,68)(H,57,70)(H,58,66)(H,59,69)(H,60,71)(H,61,67)(H,63,64)(H4,52,53,54)/t30-,33-,35-,36-,37-,38-,39-,41-/m0/s1. The van der Waals surface area contributed by atoms with Crippen molar-refractivity contribution in [3.8, 4) is 5.75 Å². The molecule has 0 radical (unpaired) electrons. The number of carbonyl (C=O) groups excluding carboxylic acids is 7. The number of hydrogen-bond acceptors (Lipinski definition) is 12. The average molecular weight is 995 g/mol. The SMILES string of the molecule is CCCC[C@H](NC(=O)[C@H](C)NC(=O)[C@H](CCC(=O)O)NC(=O)[C@H](Cc1ccccc1)NC[C@H](Cc1ccc(O)cc1)NC(=O)[C@H](CC(C)C)NC(=O)[C@@H](NC(=O)[C@@H](N)CCCN=C(N)N)C(C)C)C(N)=O. The van der Waals surface area contributed by atoms with Gasteiger partial charge in [-0.3, -0.25) is 43.3 Å². The lowest BCUT2D eigenvalue weighted by Gasteiger charge is -2.29. The van der Waals surface area contributed by atoms with Gasteiger partial charge in [0.25, 0.3) is 0 Å². The van der Waals surface area contributed by atoms with Crippen LogP contribution in [0.3, 0.4) is 0 Å². The van der Waals surface area contributed by atoms with Crippen LogP contribution < -0.4 is 60.2 Å². The first kappa shape index (κ1) is 60.3. The number of primary amides is 1. The smallest absolute Gasteiger partial charge is 0.303 e. The third-order valence-corrected chi connectivity index (χ3v) is 11.4. The maximum Gasteiger partial charge on any atom is 0.303 e. The molecule has 0 bridgehead atoms. The number of nitrogens with two attached hydrogens (primary N) is 4. The zero-order chi connectivity index (χ0) is 53.2. The number of carbonyl (C=O) groups is 8. The number of aliphatic imine (C=N–C) groups is 1. The number of hydrogen-bond donors (Lipinski definition) is 13. The number of unbranched alkanes of at least 4 members (excludes halogenated alkanes) is 1. The second-order valence-electron chi connectivity index (χ2n) is 18.5. The van der Waals surface area contributed by atoms with E-state index in [0.717, 1.165) is 12.0 Å². The molecule has 0 heterocycles.